The van der Waals surface area contributed by atoms with Gasteiger partial charge in [-0.3, -0.25) is 9.59 Å². The zero-order valence-corrected chi connectivity index (χ0v) is 12.4. The molecule has 5 nitrogen and oxygen atoms in total. The molecule has 0 aliphatic carbocycles. The molecule has 0 aliphatic heterocycles. The van der Waals surface area contributed by atoms with Crippen molar-refractivity contribution in [1.29, 1.82) is 0 Å². The SMILES string of the molecule is CCC(CC(=O)O)NC(=O)COc1cc(Cl)ccc1Cl. The van der Waals surface area contributed by atoms with E-state index in [9.17, 15) is 9.59 Å². The van der Waals surface area contributed by atoms with Crippen LogP contribution in [-0.2, 0) is 9.59 Å². The first-order valence-corrected chi connectivity index (χ1v) is 6.77. The molecule has 1 unspecified atom stereocenters. The Hall–Kier alpha value is -1.46. The van der Waals surface area contributed by atoms with E-state index in [1.54, 1.807) is 19.1 Å². The highest BCUT2D eigenvalue weighted by Crippen LogP contribution is 2.27. The minimum atomic E-state index is -0.962. The van der Waals surface area contributed by atoms with Crippen LogP contribution in [0.5, 0.6) is 5.75 Å². The van der Waals surface area contributed by atoms with Crippen molar-refractivity contribution in [2.75, 3.05) is 6.61 Å². The maximum Gasteiger partial charge on any atom is 0.305 e. The van der Waals surface area contributed by atoms with Crippen LogP contribution < -0.4 is 10.1 Å². The van der Waals surface area contributed by atoms with Crippen LogP contribution in [0.2, 0.25) is 10.0 Å². The molecule has 0 spiro atoms. The van der Waals surface area contributed by atoms with Gasteiger partial charge >= 0.3 is 5.97 Å². The van der Waals surface area contributed by atoms with Crippen LogP contribution in [0.25, 0.3) is 0 Å². The van der Waals surface area contributed by atoms with Gasteiger partial charge in [-0.2, -0.15) is 0 Å². The number of halogens is 2. The second-order valence-electron chi connectivity index (χ2n) is 4.13. The summed E-state index contributed by atoms with van der Waals surface area (Å²) in [6.45, 7) is 1.54. The van der Waals surface area contributed by atoms with Crippen LogP contribution in [0.3, 0.4) is 0 Å². The van der Waals surface area contributed by atoms with Gasteiger partial charge in [0.1, 0.15) is 5.75 Å². The lowest BCUT2D eigenvalue weighted by atomic mass is 10.1. The van der Waals surface area contributed by atoms with Gasteiger partial charge in [0.05, 0.1) is 11.4 Å². The summed E-state index contributed by atoms with van der Waals surface area (Å²) < 4.78 is 5.25. The number of carbonyl (C=O) groups excluding carboxylic acids is 1. The normalized spacial score (nSPS) is 11.8. The minimum Gasteiger partial charge on any atom is -0.482 e. The third kappa shape index (κ3) is 5.67. The number of hydrogen-bond donors (Lipinski definition) is 2. The van der Waals surface area contributed by atoms with Gasteiger partial charge in [-0.1, -0.05) is 30.1 Å². The summed E-state index contributed by atoms with van der Waals surface area (Å²) in [6, 6.07) is 4.26. The lowest BCUT2D eigenvalue weighted by molar-refractivity contribution is -0.137. The summed E-state index contributed by atoms with van der Waals surface area (Å²) in [4.78, 5) is 22.3. The first-order chi connectivity index (χ1) is 9.42. The van der Waals surface area contributed by atoms with Crippen LogP contribution in [0.4, 0.5) is 0 Å². The van der Waals surface area contributed by atoms with E-state index < -0.39 is 17.9 Å². The summed E-state index contributed by atoms with van der Waals surface area (Å²) in [5, 5.41) is 12.1. The fraction of sp³-hybridized carbons (Fsp3) is 0.385. The Morgan fingerprint density at radius 2 is 2.10 bits per heavy atom. The van der Waals surface area contributed by atoms with Crippen LogP contribution in [0, 0.1) is 0 Å². The largest absolute Gasteiger partial charge is 0.482 e. The van der Waals surface area contributed by atoms with Gasteiger partial charge in [0, 0.05) is 17.1 Å². The van der Waals surface area contributed by atoms with E-state index in [1.165, 1.54) is 6.07 Å². The number of benzene rings is 1. The second kappa shape index (κ2) is 7.97. The summed E-state index contributed by atoms with van der Waals surface area (Å²) in [5.74, 6) is -1.06. The molecule has 1 rings (SSSR count). The second-order valence-corrected chi connectivity index (χ2v) is 4.98. The molecule has 7 heteroatoms. The smallest absolute Gasteiger partial charge is 0.305 e. The molecule has 1 atom stereocenters. The molecule has 0 bridgehead atoms. The molecule has 2 N–H and O–H groups in total. The van der Waals surface area contributed by atoms with Crippen molar-refractivity contribution in [2.45, 2.75) is 25.8 Å². The molecule has 0 heterocycles. The highest BCUT2D eigenvalue weighted by Gasteiger charge is 2.14. The van der Waals surface area contributed by atoms with E-state index >= 15 is 0 Å². The van der Waals surface area contributed by atoms with Crippen LogP contribution in [0.1, 0.15) is 19.8 Å². The molecule has 20 heavy (non-hydrogen) atoms. The molecule has 0 aliphatic rings. The first-order valence-electron chi connectivity index (χ1n) is 6.01. The molecule has 110 valence electrons. The average molecular weight is 320 g/mol. The maximum absolute atomic E-state index is 11.7. The van der Waals surface area contributed by atoms with E-state index in [2.05, 4.69) is 5.32 Å². The molecular formula is C13H15Cl2NO4. The van der Waals surface area contributed by atoms with E-state index in [-0.39, 0.29) is 13.0 Å². The fourth-order valence-electron chi connectivity index (χ4n) is 1.51. The maximum atomic E-state index is 11.7. The molecule has 0 saturated heterocycles. The standard InChI is InChI=1S/C13H15Cl2NO4/c1-2-9(6-13(18)19)16-12(17)7-20-11-5-8(14)3-4-10(11)15/h3-5,9H,2,6-7H2,1H3,(H,16,17)(H,18,19). The number of carbonyl (C=O) groups is 2. The molecular weight excluding hydrogens is 305 g/mol. The van der Waals surface area contributed by atoms with Gasteiger partial charge in [-0.15, -0.1) is 0 Å². The number of ether oxygens (including phenoxy) is 1. The highest BCUT2D eigenvalue weighted by atomic mass is 35.5. The Bertz CT molecular complexity index is 493. The molecule has 1 aromatic carbocycles. The Labute approximate surface area is 126 Å². The van der Waals surface area contributed by atoms with Gasteiger partial charge < -0.3 is 15.2 Å². The van der Waals surface area contributed by atoms with Gasteiger partial charge in [0.15, 0.2) is 6.61 Å². The van der Waals surface area contributed by atoms with Crippen molar-refractivity contribution in [2.24, 2.45) is 0 Å². The predicted molar refractivity (Wildman–Crippen MR) is 76.4 cm³/mol. The van der Waals surface area contributed by atoms with Crippen LogP contribution >= 0.6 is 23.2 Å². The zero-order valence-electron chi connectivity index (χ0n) is 10.9. The van der Waals surface area contributed by atoms with Crippen molar-refractivity contribution in [3.8, 4) is 5.75 Å². The Balaban J connectivity index is 2.50. The van der Waals surface area contributed by atoms with Crippen molar-refractivity contribution >= 4 is 35.1 Å². The summed E-state index contributed by atoms with van der Waals surface area (Å²) in [7, 11) is 0. The van der Waals surface area contributed by atoms with Gasteiger partial charge in [0.2, 0.25) is 0 Å². The summed E-state index contributed by atoms with van der Waals surface area (Å²) >= 11 is 11.7. The van der Waals surface area contributed by atoms with Crippen molar-refractivity contribution in [1.82, 2.24) is 5.32 Å². The van der Waals surface area contributed by atoms with Crippen molar-refractivity contribution < 1.29 is 19.4 Å². The van der Waals surface area contributed by atoms with Gasteiger partial charge in [0.25, 0.3) is 5.91 Å². The topological polar surface area (TPSA) is 75.6 Å². The quantitative estimate of drug-likeness (QED) is 0.810. The van der Waals surface area contributed by atoms with Crippen molar-refractivity contribution in [3.05, 3.63) is 28.2 Å². The molecule has 0 aromatic heterocycles. The third-order valence-electron chi connectivity index (χ3n) is 2.53. The van der Waals surface area contributed by atoms with Gasteiger partial charge in [-0.25, -0.2) is 0 Å². The zero-order chi connectivity index (χ0) is 15.1. The number of rotatable bonds is 7. The lowest BCUT2D eigenvalue weighted by Gasteiger charge is -2.15. The Morgan fingerprint density at radius 3 is 2.70 bits per heavy atom. The van der Waals surface area contributed by atoms with Crippen LogP contribution in [0.15, 0.2) is 18.2 Å². The third-order valence-corrected chi connectivity index (χ3v) is 3.08. The first kappa shape index (κ1) is 16.6. The van der Waals surface area contributed by atoms with E-state index in [4.69, 9.17) is 33.0 Å². The van der Waals surface area contributed by atoms with Gasteiger partial charge in [-0.05, 0) is 18.6 Å². The van der Waals surface area contributed by atoms with E-state index in [0.29, 0.717) is 22.2 Å². The van der Waals surface area contributed by atoms with E-state index in [1.807, 2.05) is 0 Å². The number of nitrogens with one attached hydrogen (secondary N) is 1. The Kier molecular flexibility index (Phi) is 6.61. The number of aliphatic carboxylic acids is 1. The Morgan fingerprint density at radius 1 is 1.40 bits per heavy atom. The molecule has 1 amide bonds. The monoisotopic (exact) mass is 319 g/mol. The fourth-order valence-corrected chi connectivity index (χ4v) is 1.84. The number of carboxylic acids is 1. The lowest BCUT2D eigenvalue weighted by Crippen LogP contribution is -2.38. The molecule has 1 aromatic rings. The predicted octanol–water partition coefficient (Wildman–Crippen LogP) is 2.74. The minimum absolute atomic E-state index is 0.125. The average Bonchev–Trinajstić information content (AvgIpc) is 2.38. The van der Waals surface area contributed by atoms with Crippen molar-refractivity contribution in [3.63, 3.8) is 0 Å². The van der Waals surface area contributed by atoms with Crippen LogP contribution in [-0.4, -0.2) is 29.6 Å². The molecule has 0 fully saturated rings. The highest BCUT2D eigenvalue weighted by molar-refractivity contribution is 6.34. The molecule has 0 radical (unpaired) electrons. The molecule has 0 saturated carbocycles. The van der Waals surface area contributed by atoms with E-state index in [0.717, 1.165) is 0 Å². The number of amides is 1. The summed E-state index contributed by atoms with van der Waals surface area (Å²) in [5.41, 5.74) is 0. The number of carboxylic acid groups (broad SMARTS) is 1. The summed E-state index contributed by atoms with van der Waals surface area (Å²) in [6.07, 6.45) is 0.399. The number of hydrogen-bond acceptors (Lipinski definition) is 3.